The van der Waals surface area contributed by atoms with Gasteiger partial charge < -0.3 is 10.2 Å². The van der Waals surface area contributed by atoms with Gasteiger partial charge in [0.2, 0.25) is 0 Å². The number of nitrogens with zero attached hydrogens (tertiary/aromatic N) is 1. The van der Waals surface area contributed by atoms with Gasteiger partial charge in [-0.25, -0.2) is 4.39 Å². The Morgan fingerprint density at radius 3 is 2.60 bits per heavy atom. The molecule has 1 aliphatic heterocycles. The molecule has 3 rings (SSSR count). The highest BCUT2D eigenvalue weighted by Gasteiger charge is 2.27. The van der Waals surface area contributed by atoms with Crippen LogP contribution in [0.4, 0.5) is 10.1 Å². The fourth-order valence-electron chi connectivity index (χ4n) is 2.91. The van der Waals surface area contributed by atoms with Crippen LogP contribution in [0.5, 0.6) is 0 Å². The summed E-state index contributed by atoms with van der Waals surface area (Å²) in [6.07, 6.45) is 4.83. The minimum atomic E-state index is -0.0690. The van der Waals surface area contributed by atoms with Crippen LogP contribution in [0.25, 0.3) is 0 Å². The number of benzene rings is 1. The molecule has 0 amide bonds. The zero-order valence-electron chi connectivity index (χ0n) is 12.6. The van der Waals surface area contributed by atoms with Crippen LogP contribution >= 0.6 is 0 Å². The van der Waals surface area contributed by atoms with Crippen LogP contribution in [0.2, 0.25) is 0 Å². The van der Waals surface area contributed by atoms with Gasteiger partial charge in [-0.3, -0.25) is 0 Å². The van der Waals surface area contributed by atoms with Gasteiger partial charge in [0.05, 0.1) is 0 Å². The molecule has 1 aromatic rings. The molecule has 1 aromatic carbocycles. The molecule has 110 valence electrons. The van der Waals surface area contributed by atoms with E-state index >= 15 is 0 Å². The highest BCUT2D eigenvalue weighted by Crippen LogP contribution is 2.34. The van der Waals surface area contributed by atoms with Gasteiger partial charge in [-0.1, -0.05) is 19.9 Å². The Balaban J connectivity index is 1.75. The topological polar surface area (TPSA) is 15.3 Å². The first-order chi connectivity index (χ1) is 9.55. The van der Waals surface area contributed by atoms with Crippen molar-refractivity contribution in [2.24, 2.45) is 5.41 Å². The number of piperidine rings is 1. The summed E-state index contributed by atoms with van der Waals surface area (Å²) in [5.74, 6) is -0.0690. The van der Waals surface area contributed by atoms with Crippen LogP contribution in [0.15, 0.2) is 18.2 Å². The standard InChI is InChI=1S/C17H25FN2/c1-17(2)8-10-20(11-9-17)16-5-3-4-15(18)14(16)12-19-13-6-7-13/h3-5,13,19H,6-12H2,1-2H3. The number of hydrogen-bond acceptors (Lipinski definition) is 2. The average molecular weight is 276 g/mol. The first kappa shape index (κ1) is 13.9. The molecule has 1 saturated heterocycles. The molecule has 1 N–H and O–H groups in total. The maximum absolute atomic E-state index is 14.2. The Kier molecular flexibility index (Phi) is 3.72. The van der Waals surface area contributed by atoms with Crippen molar-refractivity contribution in [3.8, 4) is 0 Å². The maximum atomic E-state index is 14.2. The lowest BCUT2D eigenvalue weighted by molar-refractivity contribution is 0.279. The molecule has 0 bridgehead atoms. The van der Waals surface area contributed by atoms with Crippen molar-refractivity contribution >= 4 is 5.69 Å². The molecule has 0 atom stereocenters. The van der Waals surface area contributed by atoms with Crippen LogP contribution < -0.4 is 10.2 Å². The van der Waals surface area contributed by atoms with Crippen molar-refractivity contribution in [2.75, 3.05) is 18.0 Å². The monoisotopic (exact) mass is 276 g/mol. The highest BCUT2D eigenvalue weighted by molar-refractivity contribution is 5.54. The molecule has 0 radical (unpaired) electrons. The number of halogens is 1. The van der Waals surface area contributed by atoms with Crippen molar-refractivity contribution in [2.45, 2.75) is 52.1 Å². The van der Waals surface area contributed by atoms with E-state index in [0.717, 1.165) is 24.3 Å². The normalized spacial score (nSPS) is 22.1. The summed E-state index contributed by atoms with van der Waals surface area (Å²) >= 11 is 0. The molecule has 1 saturated carbocycles. The Labute approximate surface area is 121 Å². The van der Waals surface area contributed by atoms with E-state index in [4.69, 9.17) is 0 Å². The summed E-state index contributed by atoms with van der Waals surface area (Å²) < 4.78 is 14.2. The van der Waals surface area contributed by atoms with Crippen LogP contribution in [-0.2, 0) is 6.54 Å². The SMILES string of the molecule is CC1(C)CCN(c2cccc(F)c2CNC2CC2)CC1. The van der Waals surface area contributed by atoms with Gasteiger partial charge in [0.25, 0.3) is 0 Å². The van der Waals surface area contributed by atoms with Gasteiger partial charge in [-0.05, 0) is 43.2 Å². The first-order valence-electron chi connectivity index (χ1n) is 7.81. The molecule has 2 fully saturated rings. The maximum Gasteiger partial charge on any atom is 0.129 e. The summed E-state index contributed by atoms with van der Waals surface area (Å²) in [6, 6.07) is 6.11. The average Bonchev–Trinajstić information content (AvgIpc) is 3.21. The van der Waals surface area contributed by atoms with Gasteiger partial charge in [-0.2, -0.15) is 0 Å². The Bertz CT molecular complexity index is 470. The van der Waals surface area contributed by atoms with Crippen LogP contribution in [0, 0.1) is 11.2 Å². The van der Waals surface area contributed by atoms with Gasteiger partial charge in [0.1, 0.15) is 5.82 Å². The fraction of sp³-hybridized carbons (Fsp3) is 0.647. The second-order valence-electron chi connectivity index (χ2n) is 7.04. The van der Waals surface area contributed by atoms with E-state index in [1.54, 1.807) is 6.07 Å². The van der Waals surface area contributed by atoms with E-state index in [0.29, 0.717) is 18.0 Å². The summed E-state index contributed by atoms with van der Waals surface area (Å²) in [6.45, 7) is 7.38. The van der Waals surface area contributed by atoms with E-state index in [-0.39, 0.29) is 5.82 Å². The summed E-state index contributed by atoms with van der Waals surface area (Å²) in [4.78, 5) is 2.36. The van der Waals surface area contributed by atoms with E-state index in [9.17, 15) is 4.39 Å². The number of hydrogen-bond donors (Lipinski definition) is 1. The van der Waals surface area contributed by atoms with Crippen molar-refractivity contribution in [1.29, 1.82) is 0 Å². The molecule has 1 heterocycles. The third kappa shape index (κ3) is 3.14. The second-order valence-corrected chi connectivity index (χ2v) is 7.04. The number of rotatable bonds is 4. The fourth-order valence-corrected chi connectivity index (χ4v) is 2.91. The minimum absolute atomic E-state index is 0.0690. The molecule has 0 spiro atoms. The summed E-state index contributed by atoms with van der Waals surface area (Å²) in [5, 5.41) is 3.44. The molecule has 3 heteroatoms. The summed E-state index contributed by atoms with van der Waals surface area (Å²) in [5.41, 5.74) is 2.36. The third-order valence-electron chi connectivity index (χ3n) is 4.70. The second kappa shape index (κ2) is 5.36. The molecule has 2 aliphatic rings. The van der Waals surface area contributed by atoms with E-state index in [2.05, 4.69) is 30.1 Å². The smallest absolute Gasteiger partial charge is 0.129 e. The Hall–Kier alpha value is -1.09. The third-order valence-corrected chi connectivity index (χ3v) is 4.70. The van der Waals surface area contributed by atoms with Gasteiger partial charge in [0, 0.05) is 36.9 Å². The quantitative estimate of drug-likeness (QED) is 0.902. The molecule has 20 heavy (non-hydrogen) atoms. The van der Waals surface area contributed by atoms with E-state index < -0.39 is 0 Å². The molecule has 1 aliphatic carbocycles. The zero-order valence-corrected chi connectivity index (χ0v) is 12.6. The first-order valence-corrected chi connectivity index (χ1v) is 7.81. The summed E-state index contributed by atoms with van der Waals surface area (Å²) in [7, 11) is 0. The predicted molar refractivity (Wildman–Crippen MR) is 81.5 cm³/mol. The zero-order chi connectivity index (χ0) is 14.2. The van der Waals surface area contributed by atoms with E-state index in [1.807, 2.05) is 6.07 Å². The lowest BCUT2D eigenvalue weighted by Crippen LogP contribution is -2.38. The molecule has 0 unspecified atom stereocenters. The largest absolute Gasteiger partial charge is 0.371 e. The lowest BCUT2D eigenvalue weighted by atomic mass is 9.82. The van der Waals surface area contributed by atoms with E-state index in [1.165, 1.54) is 25.7 Å². The lowest BCUT2D eigenvalue weighted by Gasteiger charge is -2.39. The molecule has 2 nitrogen and oxygen atoms in total. The van der Waals surface area contributed by atoms with Crippen LogP contribution in [0.1, 0.15) is 45.1 Å². The van der Waals surface area contributed by atoms with Gasteiger partial charge in [0.15, 0.2) is 0 Å². The van der Waals surface area contributed by atoms with Crippen molar-refractivity contribution in [1.82, 2.24) is 5.32 Å². The number of nitrogens with one attached hydrogen (secondary N) is 1. The highest BCUT2D eigenvalue weighted by atomic mass is 19.1. The number of anilines is 1. The Morgan fingerprint density at radius 1 is 1.25 bits per heavy atom. The van der Waals surface area contributed by atoms with Crippen molar-refractivity contribution in [3.63, 3.8) is 0 Å². The molecular weight excluding hydrogens is 251 g/mol. The predicted octanol–water partition coefficient (Wildman–Crippen LogP) is 3.70. The van der Waals surface area contributed by atoms with Crippen molar-refractivity contribution in [3.05, 3.63) is 29.6 Å². The van der Waals surface area contributed by atoms with Crippen LogP contribution in [0.3, 0.4) is 0 Å². The van der Waals surface area contributed by atoms with Crippen LogP contribution in [-0.4, -0.2) is 19.1 Å². The van der Waals surface area contributed by atoms with Crippen molar-refractivity contribution < 1.29 is 4.39 Å². The molecular formula is C17H25FN2. The molecule has 0 aromatic heterocycles. The van der Waals surface area contributed by atoms with Gasteiger partial charge in [-0.15, -0.1) is 0 Å². The Morgan fingerprint density at radius 2 is 1.95 bits per heavy atom. The van der Waals surface area contributed by atoms with Gasteiger partial charge >= 0.3 is 0 Å². The minimum Gasteiger partial charge on any atom is -0.371 e.